The van der Waals surface area contributed by atoms with E-state index in [4.69, 9.17) is 5.11 Å². The van der Waals surface area contributed by atoms with Gasteiger partial charge in [0.25, 0.3) is 0 Å². The zero-order chi connectivity index (χ0) is 12.8. The maximum Gasteiger partial charge on any atom is 0.305 e. The van der Waals surface area contributed by atoms with Gasteiger partial charge >= 0.3 is 5.97 Å². The summed E-state index contributed by atoms with van der Waals surface area (Å²) < 4.78 is 2.21. The number of nitrogens with one attached hydrogen (secondary N) is 1. The molecule has 5 heteroatoms. The van der Waals surface area contributed by atoms with Crippen LogP contribution >= 0.6 is 0 Å². The number of hydrogen-bond donors (Lipinski definition) is 2. The number of aryl methyl sites for hydroxylation is 2. The first-order chi connectivity index (χ1) is 8.62. The second kappa shape index (κ2) is 4.09. The van der Waals surface area contributed by atoms with Crippen molar-refractivity contribution in [3.05, 3.63) is 17.2 Å². The number of fused-ring (bicyclic) bond motifs is 1. The van der Waals surface area contributed by atoms with Crippen LogP contribution in [0.25, 0.3) is 0 Å². The van der Waals surface area contributed by atoms with E-state index >= 15 is 0 Å². The first kappa shape index (κ1) is 11.7. The van der Waals surface area contributed by atoms with Crippen molar-refractivity contribution in [3.63, 3.8) is 0 Å². The zero-order valence-electron chi connectivity index (χ0n) is 10.7. The molecule has 0 bridgehead atoms. The number of carboxylic acid groups (broad SMARTS) is 1. The molecule has 0 spiro atoms. The van der Waals surface area contributed by atoms with E-state index in [0.29, 0.717) is 0 Å². The minimum atomic E-state index is -0.728. The average Bonchev–Trinajstić information content (AvgIpc) is 2.60. The van der Waals surface area contributed by atoms with Crippen molar-refractivity contribution < 1.29 is 9.90 Å². The Morgan fingerprint density at radius 1 is 1.44 bits per heavy atom. The highest BCUT2D eigenvalue weighted by Gasteiger charge is 2.43. The second-order valence-electron chi connectivity index (χ2n) is 5.49. The summed E-state index contributed by atoms with van der Waals surface area (Å²) in [6.07, 6.45) is 4.66. The minimum Gasteiger partial charge on any atom is -0.481 e. The molecule has 2 heterocycles. The van der Waals surface area contributed by atoms with Crippen LogP contribution in [0.1, 0.15) is 36.5 Å². The molecule has 1 saturated heterocycles. The topological polar surface area (TPSA) is 67.2 Å². The Morgan fingerprint density at radius 3 is 2.78 bits per heavy atom. The Balaban J connectivity index is 2.04. The molecule has 1 aromatic rings. The fourth-order valence-electron chi connectivity index (χ4n) is 3.36. The molecular weight excluding hydrogens is 230 g/mol. The third-order valence-electron chi connectivity index (χ3n) is 4.16. The van der Waals surface area contributed by atoms with Gasteiger partial charge in [-0.15, -0.1) is 0 Å². The molecule has 1 aliphatic carbocycles. The number of hydrogen-bond acceptors (Lipinski definition) is 3. The first-order valence-corrected chi connectivity index (χ1v) is 6.62. The Hall–Kier alpha value is -1.36. The molecule has 18 heavy (non-hydrogen) atoms. The molecule has 0 aromatic carbocycles. The quantitative estimate of drug-likeness (QED) is 0.833. The molecule has 3 rings (SSSR count). The summed E-state index contributed by atoms with van der Waals surface area (Å²) in [6, 6.07) is 0. The van der Waals surface area contributed by atoms with E-state index in [9.17, 15) is 4.79 Å². The van der Waals surface area contributed by atoms with Crippen LogP contribution in [0.15, 0.2) is 0 Å². The van der Waals surface area contributed by atoms with Gasteiger partial charge in [0.1, 0.15) is 5.82 Å². The smallest absolute Gasteiger partial charge is 0.305 e. The normalized spacial score (nSPS) is 21.2. The lowest BCUT2D eigenvalue weighted by Gasteiger charge is -2.44. The van der Waals surface area contributed by atoms with Crippen LogP contribution in [0.2, 0.25) is 0 Å². The summed E-state index contributed by atoms with van der Waals surface area (Å²) in [7, 11) is 0. The molecule has 0 unspecified atom stereocenters. The van der Waals surface area contributed by atoms with Gasteiger partial charge in [-0.25, -0.2) is 4.98 Å². The number of nitrogens with zero attached hydrogens (tertiary/aromatic N) is 2. The molecule has 2 aliphatic rings. The molecule has 1 fully saturated rings. The maximum absolute atomic E-state index is 11.1. The standard InChI is InChI=1S/C13H19N3O2/c1-9-15-10-4-2-3-5-11(10)16(9)13(6-12(17)18)7-14-8-13/h14H,2-8H2,1H3,(H,17,18). The molecule has 5 nitrogen and oxygen atoms in total. The largest absolute Gasteiger partial charge is 0.481 e. The lowest BCUT2D eigenvalue weighted by atomic mass is 9.86. The predicted molar refractivity (Wildman–Crippen MR) is 66.7 cm³/mol. The molecule has 2 N–H and O–H groups in total. The highest BCUT2D eigenvalue weighted by molar-refractivity contribution is 5.68. The van der Waals surface area contributed by atoms with Crippen LogP contribution in [-0.4, -0.2) is 33.7 Å². The Labute approximate surface area is 106 Å². The van der Waals surface area contributed by atoms with E-state index in [0.717, 1.165) is 31.8 Å². The lowest BCUT2D eigenvalue weighted by Crippen LogP contribution is -2.62. The Kier molecular flexibility index (Phi) is 2.66. The predicted octanol–water partition coefficient (Wildman–Crippen LogP) is 0.844. The second-order valence-corrected chi connectivity index (χ2v) is 5.49. The number of aliphatic carboxylic acids is 1. The van der Waals surface area contributed by atoms with Gasteiger partial charge < -0.3 is 15.0 Å². The van der Waals surface area contributed by atoms with Gasteiger partial charge in [0, 0.05) is 18.8 Å². The first-order valence-electron chi connectivity index (χ1n) is 6.62. The summed E-state index contributed by atoms with van der Waals surface area (Å²) in [5.74, 6) is 0.249. The number of rotatable bonds is 3. The van der Waals surface area contributed by atoms with E-state index in [1.54, 1.807) is 0 Å². The van der Waals surface area contributed by atoms with Crippen LogP contribution in [0, 0.1) is 6.92 Å². The SMILES string of the molecule is Cc1nc2c(n1C1(CC(=O)O)CNC1)CCCC2. The molecule has 98 valence electrons. The summed E-state index contributed by atoms with van der Waals surface area (Å²) >= 11 is 0. The molecular formula is C13H19N3O2. The van der Waals surface area contributed by atoms with Gasteiger partial charge in [-0.05, 0) is 32.6 Å². The van der Waals surface area contributed by atoms with Crippen molar-refractivity contribution >= 4 is 5.97 Å². The third kappa shape index (κ3) is 1.65. The van der Waals surface area contributed by atoms with Gasteiger partial charge in [0.05, 0.1) is 17.7 Å². The molecule has 1 aliphatic heterocycles. The van der Waals surface area contributed by atoms with Crippen molar-refractivity contribution in [3.8, 4) is 0 Å². The lowest BCUT2D eigenvalue weighted by molar-refractivity contribution is -0.140. The van der Waals surface area contributed by atoms with Crippen LogP contribution in [0.3, 0.4) is 0 Å². The van der Waals surface area contributed by atoms with Gasteiger partial charge in [-0.2, -0.15) is 0 Å². The highest BCUT2D eigenvalue weighted by atomic mass is 16.4. The Morgan fingerprint density at radius 2 is 2.17 bits per heavy atom. The number of carboxylic acids is 1. The molecule has 0 saturated carbocycles. The van der Waals surface area contributed by atoms with Gasteiger partial charge in [-0.1, -0.05) is 0 Å². The van der Waals surface area contributed by atoms with Crippen LogP contribution in [0.5, 0.6) is 0 Å². The van der Waals surface area contributed by atoms with E-state index in [-0.39, 0.29) is 12.0 Å². The number of imidazole rings is 1. The third-order valence-corrected chi connectivity index (χ3v) is 4.16. The van der Waals surface area contributed by atoms with Crippen molar-refractivity contribution in [2.75, 3.05) is 13.1 Å². The number of carbonyl (C=O) groups is 1. The minimum absolute atomic E-state index is 0.184. The van der Waals surface area contributed by atoms with Crippen LogP contribution in [-0.2, 0) is 23.2 Å². The van der Waals surface area contributed by atoms with Crippen molar-refractivity contribution in [1.29, 1.82) is 0 Å². The fraction of sp³-hybridized carbons (Fsp3) is 0.692. The van der Waals surface area contributed by atoms with Crippen LogP contribution in [0.4, 0.5) is 0 Å². The monoisotopic (exact) mass is 249 g/mol. The van der Waals surface area contributed by atoms with E-state index in [1.165, 1.54) is 24.2 Å². The summed E-state index contributed by atoms with van der Waals surface area (Å²) in [5.41, 5.74) is 2.19. The highest BCUT2D eigenvalue weighted by Crippen LogP contribution is 2.33. The van der Waals surface area contributed by atoms with E-state index in [1.807, 2.05) is 6.92 Å². The van der Waals surface area contributed by atoms with Crippen LogP contribution < -0.4 is 5.32 Å². The van der Waals surface area contributed by atoms with Crippen molar-refractivity contribution in [1.82, 2.24) is 14.9 Å². The summed E-state index contributed by atoms with van der Waals surface area (Å²) in [6.45, 7) is 3.48. The van der Waals surface area contributed by atoms with E-state index in [2.05, 4.69) is 14.9 Å². The zero-order valence-corrected chi connectivity index (χ0v) is 10.7. The van der Waals surface area contributed by atoms with Gasteiger partial charge in [0.15, 0.2) is 0 Å². The molecule has 0 amide bonds. The van der Waals surface area contributed by atoms with Crippen molar-refractivity contribution in [2.24, 2.45) is 0 Å². The average molecular weight is 249 g/mol. The number of aromatic nitrogens is 2. The van der Waals surface area contributed by atoms with Gasteiger partial charge in [0.2, 0.25) is 0 Å². The fourth-order valence-corrected chi connectivity index (χ4v) is 3.36. The van der Waals surface area contributed by atoms with E-state index < -0.39 is 5.97 Å². The molecule has 0 atom stereocenters. The maximum atomic E-state index is 11.1. The molecule has 0 radical (unpaired) electrons. The summed E-state index contributed by atoms with van der Waals surface area (Å²) in [5, 5.41) is 12.4. The Bertz CT molecular complexity index is 489. The molecule has 1 aromatic heterocycles. The summed E-state index contributed by atoms with van der Waals surface area (Å²) in [4.78, 5) is 15.8. The van der Waals surface area contributed by atoms with Crippen molar-refractivity contribution in [2.45, 2.75) is 44.6 Å². The van der Waals surface area contributed by atoms with Gasteiger partial charge in [-0.3, -0.25) is 4.79 Å².